The van der Waals surface area contributed by atoms with Crippen molar-refractivity contribution in [2.24, 2.45) is 10.7 Å². The fourth-order valence-corrected chi connectivity index (χ4v) is 1.14. The van der Waals surface area contributed by atoms with Crippen molar-refractivity contribution >= 4 is 18.1 Å². The number of anilines is 1. The molecule has 12 heavy (non-hydrogen) atoms. The molecule has 1 aliphatic heterocycles. The standard InChI is InChI=1S/C7H8N4O/c8-6(12)5-1-4-2-9-3-10-7(4)11-5/h1,3,11H,2H2,(H2,8,12)(H,9,10). The van der Waals surface area contributed by atoms with Crippen LogP contribution in [0.15, 0.2) is 11.1 Å². The molecule has 5 nitrogen and oxygen atoms in total. The van der Waals surface area contributed by atoms with Crippen molar-refractivity contribution in [3.63, 3.8) is 0 Å². The Balaban J connectivity index is 2.41. The van der Waals surface area contributed by atoms with E-state index in [1.807, 2.05) is 0 Å². The van der Waals surface area contributed by atoms with E-state index in [2.05, 4.69) is 15.3 Å². The molecular weight excluding hydrogens is 156 g/mol. The summed E-state index contributed by atoms with van der Waals surface area (Å²) in [5, 5.41) is 2.88. The van der Waals surface area contributed by atoms with Gasteiger partial charge in [0.15, 0.2) is 0 Å². The van der Waals surface area contributed by atoms with Crippen LogP contribution < -0.4 is 11.1 Å². The van der Waals surface area contributed by atoms with Gasteiger partial charge in [-0.1, -0.05) is 0 Å². The van der Waals surface area contributed by atoms with Gasteiger partial charge >= 0.3 is 0 Å². The van der Waals surface area contributed by atoms with Gasteiger partial charge in [-0.3, -0.25) is 9.79 Å². The van der Waals surface area contributed by atoms with Gasteiger partial charge in [0.2, 0.25) is 0 Å². The maximum atomic E-state index is 10.7. The van der Waals surface area contributed by atoms with E-state index >= 15 is 0 Å². The van der Waals surface area contributed by atoms with Crippen molar-refractivity contribution in [1.82, 2.24) is 4.98 Å². The summed E-state index contributed by atoms with van der Waals surface area (Å²) in [4.78, 5) is 17.6. The highest BCUT2D eigenvalue weighted by atomic mass is 16.1. The Labute approximate surface area is 68.7 Å². The summed E-state index contributed by atoms with van der Waals surface area (Å²) in [5.41, 5.74) is 6.47. The zero-order chi connectivity index (χ0) is 8.55. The van der Waals surface area contributed by atoms with Gasteiger partial charge in [-0.25, -0.2) is 0 Å². The molecule has 5 heteroatoms. The molecule has 0 bridgehead atoms. The van der Waals surface area contributed by atoms with E-state index in [0.29, 0.717) is 12.2 Å². The fourth-order valence-electron chi connectivity index (χ4n) is 1.14. The molecule has 0 saturated carbocycles. The third-order valence-corrected chi connectivity index (χ3v) is 1.73. The number of hydrogen-bond donors (Lipinski definition) is 3. The molecule has 0 aliphatic carbocycles. The Morgan fingerprint density at radius 1 is 1.67 bits per heavy atom. The average molecular weight is 164 g/mol. The molecule has 0 fully saturated rings. The van der Waals surface area contributed by atoms with Crippen molar-refractivity contribution in [2.45, 2.75) is 6.54 Å². The molecule has 1 aromatic heterocycles. The molecule has 0 unspecified atom stereocenters. The molecule has 62 valence electrons. The highest BCUT2D eigenvalue weighted by Gasteiger charge is 2.11. The molecule has 2 heterocycles. The average Bonchev–Trinajstić information content (AvgIpc) is 2.46. The number of aliphatic imine (C=N–C) groups is 1. The number of aromatic amines is 1. The van der Waals surface area contributed by atoms with E-state index in [1.165, 1.54) is 0 Å². The van der Waals surface area contributed by atoms with Crippen molar-refractivity contribution in [3.05, 3.63) is 17.3 Å². The summed E-state index contributed by atoms with van der Waals surface area (Å²) in [7, 11) is 0. The molecule has 4 N–H and O–H groups in total. The third-order valence-electron chi connectivity index (χ3n) is 1.73. The first-order valence-electron chi connectivity index (χ1n) is 3.54. The number of primary amides is 1. The number of rotatable bonds is 1. The zero-order valence-corrected chi connectivity index (χ0v) is 6.29. The van der Waals surface area contributed by atoms with Crippen LogP contribution in [0.3, 0.4) is 0 Å². The zero-order valence-electron chi connectivity index (χ0n) is 6.29. The summed E-state index contributed by atoms with van der Waals surface area (Å²) in [6.45, 7) is 0.589. The first kappa shape index (κ1) is 6.90. The number of carbonyl (C=O) groups excluding carboxylic acids is 1. The van der Waals surface area contributed by atoms with Crippen LogP contribution in [-0.2, 0) is 6.54 Å². The predicted octanol–water partition coefficient (Wildman–Crippen LogP) is 0.0674. The van der Waals surface area contributed by atoms with E-state index in [1.54, 1.807) is 12.4 Å². The lowest BCUT2D eigenvalue weighted by Crippen LogP contribution is -2.11. The molecule has 0 aromatic carbocycles. The van der Waals surface area contributed by atoms with Crippen LogP contribution in [0.5, 0.6) is 0 Å². The van der Waals surface area contributed by atoms with Gasteiger partial charge < -0.3 is 16.0 Å². The van der Waals surface area contributed by atoms with Crippen LogP contribution in [0.2, 0.25) is 0 Å². The van der Waals surface area contributed by atoms with Gasteiger partial charge in [-0.15, -0.1) is 0 Å². The van der Waals surface area contributed by atoms with Gasteiger partial charge in [0, 0.05) is 5.56 Å². The van der Waals surface area contributed by atoms with Crippen molar-refractivity contribution in [2.75, 3.05) is 5.32 Å². The number of nitrogens with one attached hydrogen (secondary N) is 2. The molecule has 0 atom stereocenters. The smallest absolute Gasteiger partial charge is 0.265 e. The monoisotopic (exact) mass is 164 g/mol. The van der Waals surface area contributed by atoms with Crippen LogP contribution in [0, 0.1) is 0 Å². The van der Waals surface area contributed by atoms with E-state index < -0.39 is 5.91 Å². The Kier molecular flexibility index (Phi) is 1.36. The van der Waals surface area contributed by atoms with Gasteiger partial charge in [0.1, 0.15) is 11.5 Å². The minimum absolute atomic E-state index is 0.415. The van der Waals surface area contributed by atoms with Gasteiger partial charge in [0.05, 0.1) is 12.9 Å². The maximum Gasteiger partial charge on any atom is 0.265 e. The Hall–Kier alpha value is -1.78. The van der Waals surface area contributed by atoms with E-state index in [4.69, 9.17) is 5.73 Å². The molecule has 1 aromatic rings. The summed E-state index contributed by atoms with van der Waals surface area (Å²) in [6.07, 6.45) is 1.59. The van der Waals surface area contributed by atoms with E-state index in [9.17, 15) is 4.79 Å². The second kappa shape index (κ2) is 2.37. The number of amides is 1. The maximum absolute atomic E-state index is 10.7. The Morgan fingerprint density at radius 3 is 3.17 bits per heavy atom. The van der Waals surface area contributed by atoms with Gasteiger partial charge in [-0.2, -0.15) is 0 Å². The number of hydrogen-bond acceptors (Lipinski definition) is 3. The summed E-state index contributed by atoms with van der Waals surface area (Å²) < 4.78 is 0. The first-order valence-corrected chi connectivity index (χ1v) is 3.54. The third kappa shape index (κ3) is 0.952. The number of nitrogens with two attached hydrogens (primary N) is 1. The first-order chi connectivity index (χ1) is 5.77. The fraction of sp³-hybridized carbons (Fsp3) is 0.143. The minimum atomic E-state index is -0.453. The highest BCUT2D eigenvalue weighted by molar-refractivity contribution is 5.93. The van der Waals surface area contributed by atoms with Crippen molar-refractivity contribution in [3.8, 4) is 0 Å². The summed E-state index contributed by atoms with van der Waals surface area (Å²) in [6, 6.07) is 1.71. The van der Waals surface area contributed by atoms with Crippen LogP contribution >= 0.6 is 0 Å². The highest BCUT2D eigenvalue weighted by Crippen LogP contribution is 2.18. The molecule has 2 rings (SSSR count). The number of fused-ring (bicyclic) bond motifs is 1. The molecular formula is C7H8N4O. The van der Waals surface area contributed by atoms with E-state index in [-0.39, 0.29) is 0 Å². The SMILES string of the molecule is NC(=O)c1cc2c([nH]1)NC=NC2. The molecule has 0 saturated heterocycles. The van der Waals surface area contributed by atoms with Gasteiger partial charge in [0.25, 0.3) is 5.91 Å². The van der Waals surface area contributed by atoms with Gasteiger partial charge in [-0.05, 0) is 6.07 Å². The van der Waals surface area contributed by atoms with Crippen LogP contribution in [0.4, 0.5) is 5.82 Å². The quantitative estimate of drug-likeness (QED) is 0.548. The van der Waals surface area contributed by atoms with Crippen LogP contribution in [0.1, 0.15) is 16.1 Å². The van der Waals surface area contributed by atoms with E-state index in [0.717, 1.165) is 11.4 Å². The number of H-pyrrole nitrogens is 1. The number of carbonyl (C=O) groups is 1. The second-order valence-electron chi connectivity index (χ2n) is 2.56. The van der Waals surface area contributed by atoms with Crippen molar-refractivity contribution < 1.29 is 4.79 Å². The lowest BCUT2D eigenvalue weighted by atomic mass is 10.3. The van der Waals surface area contributed by atoms with Crippen LogP contribution in [-0.4, -0.2) is 17.2 Å². The normalized spacial score (nSPS) is 13.7. The Morgan fingerprint density at radius 2 is 2.50 bits per heavy atom. The van der Waals surface area contributed by atoms with Crippen LogP contribution in [0.25, 0.3) is 0 Å². The number of nitrogens with zero attached hydrogens (tertiary/aromatic N) is 1. The topological polar surface area (TPSA) is 83.3 Å². The number of aromatic nitrogens is 1. The summed E-state index contributed by atoms with van der Waals surface area (Å²) >= 11 is 0. The summed E-state index contributed by atoms with van der Waals surface area (Å²) in [5.74, 6) is 0.352. The second-order valence-corrected chi connectivity index (χ2v) is 2.56. The molecule has 1 aliphatic rings. The Bertz CT molecular complexity index is 327. The van der Waals surface area contributed by atoms with Crippen molar-refractivity contribution in [1.29, 1.82) is 0 Å². The lowest BCUT2D eigenvalue weighted by molar-refractivity contribution is 0.0996. The largest absolute Gasteiger partial charge is 0.364 e. The predicted molar refractivity (Wildman–Crippen MR) is 45.1 cm³/mol. The lowest BCUT2D eigenvalue weighted by Gasteiger charge is -2.04. The minimum Gasteiger partial charge on any atom is -0.364 e. The molecule has 0 radical (unpaired) electrons. The molecule has 0 spiro atoms. The molecule has 1 amide bonds.